The lowest BCUT2D eigenvalue weighted by Gasteiger charge is -2.17. The molecule has 1 heterocycles. The fourth-order valence-corrected chi connectivity index (χ4v) is 3.29. The summed E-state index contributed by atoms with van der Waals surface area (Å²) < 4.78 is 5.91. The number of carbonyl (C=O) groups is 1. The first-order chi connectivity index (χ1) is 15.0. The number of anilines is 1. The predicted octanol–water partition coefficient (Wildman–Crippen LogP) is 5.92. The van der Waals surface area contributed by atoms with Gasteiger partial charge in [-0.3, -0.25) is 0 Å². The van der Waals surface area contributed by atoms with Gasteiger partial charge in [0, 0.05) is 16.3 Å². The molecule has 0 aliphatic rings. The Bertz CT molecular complexity index is 1190. The van der Waals surface area contributed by atoms with Crippen LogP contribution in [0, 0.1) is 13.8 Å². The average Bonchev–Trinajstić information content (AvgIpc) is 3.27. The molecule has 0 radical (unpaired) electrons. The number of hydrogen-bond donors (Lipinski definition) is 2. The van der Waals surface area contributed by atoms with E-state index >= 15 is 0 Å². The first kappa shape index (κ1) is 20.6. The quantitative estimate of drug-likeness (QED) is 0.410. The Morgan fingerprint density at radius 3 is 2.42 bits per heavy atom. The topological polar surface area (TPSA) is 80.0 Å². The summed E-state index contributed by atoms with van der Waals surface area (Å²) in [7, 11) is 0. The van der Waals surface area contributed by atoms with Crippen LogP contribution in [0.25, 0.3) is 11.5 Å². The molecule has 2 amide bonds. The molecule has 0 saturated carbocycles. The van der Waals surface area contributed by atoms with Gasteiger partial charge in [-0.05, 0) is 60.9 Å². The van der Waals surface area contributed by atoms with Crippen molar-refractivity contribution in [3.05, 3.63) is 100 Å². The second kappa shape index (κ2) is 9.02. The molecule has 0 aliphatic heterocycles. The molecule has 0 saturated heterocycles. The van der Waals surface area contributed by atoms with Crippen LogP contribution in [0.15, 0.2) is 77.2 Å². The van der Waals surface area contributed by atoms with Gasteiger partial charge in [-0.2, -0.15) is 0 Å². The molecule has 0 aliphatic carbocycles. The predicted molar refractivity (Wildman–Crippen MR) is 121 cm³/mol. The Labute approximate surface area is 185 Å². The summed E-state index contributed by atoms with van der Waals surface area (Å²) in [6.45, 7) is 3.96. The number of rotatable bonds is 5. The average molecular weight is 433 g/mol. The van der Waals surface area contributed by atoms with Crippen LogP contribution in [0.5, 0.6) is 0 Å². The van der Waals surface area contributed by atoms with E-state index in [0.29, 0.717) is 10.9 Å². The fraction of sp³-hybridized carbons (Fsp3) is 0.125. The highest BCUT2D eigenvalue weighted by molar-refractivity contribution is 6.30. The summed E-state index contributed by atoms with van der Waals surface area (Å²) in [5.74, 6) is 0.656. The Morgan fingerprint density at radius 2 is 1.68 bits per heavy atom. The smallest absolute Gasteiger partial charge is 0.320 e. The molecule has 0 fully saturated rings. The van der Waals surface area contributed by atoms with Crippen LogP contribution in [0.4, 0.5) is 10.5 Å². The number of nitrogens with zero attached hydrogens (tertiary/aromatic N) is 2. The van der Waals surface area contributed by atoms with E-state index in [0.717, 1.165) is 27.9 Å². The molecule has 31 heavy (non-hydrogen) atoms. The summed E-state index contributed by atoms with van der Waals surface area (Å²) >= 11 is 6.04. The lowest BCUT2D eigenvalue weighted by molar-refractivity contribution is 0.248. The van der Waals surface area contributed by atoms with E-state index in [4.69, 9.17) is 16.0 Å². The zero-order valence-corrected chi connectivity index (χ0v) is 17.9. The van der Waals surface area contributed by atoms with Gasteiger partial charge >= 0.3 is 6.03 Å². The van der Waals surface area contributed by atoms with Crippen molar-refractivity contribution in [2.24, 2.45) is 0 Å². The number of carbonyl (C=O) groups excluding carboxylic acids is 1. The third-order valence-corrected chi connectivity index (χ3v) is 5.29. The van der Waals surface area contributed by atoms with Gasteiger partial charge in [-0.15, -0.1) is 10.2 Å². The number of halogens is 1. The molecular weight excluding hydrogens is 412 g/mol. The molecule has 156 valence electrons. The summed E-state index contributed by atoms with van der Waals surface area (Å²) in [5.41, 5.74) is 4.41. The van der Waals surface area contributed by atoms with Crippen molar-refractivity contribution in [3.8, 4) is 11.5 Å². The number of urea groups is 1. The minimum atomic E-state index is -0.646. The molecular formula is C24H21ClN4O2. The maximum Gasteiger partial charge on any atom is 0.320 e. The van der Waals surface area contributed by atoms with E-state index < -0.39 is 6.04 Å². The largest absolute Gasteiger partial charge is 0.418 e. The third-order valence-electron chi connectivity index (χ3n) is 5.04. The summed E-state index contributed by atoms with van der Waals surface area (Å²) in [6, 6.07) is 21.3. The van der Waals surface area contributed by atoms with Crippen molar-refractivity contribution < 1.29 is 9.21 Å². The standard InChI is InChI=1S/C24H21ClN4O2/c1-15-7-6-10-20(16(15)2)26-24(30)27-21(17-11-13-19(25)14-12-17)23-29-28-22(31-23)18-8-4-3-5-9-18/h3-14,21H,1-2H3,(H2,26,27,30)/t21-/m0/s1. The molecule has 1 aromatic heterocycles. The molecule has 4 rings (SSSR count). The lowest BCUT2D eigenvalue weighted by Crippen LogP contribution is -2.33. The van der Waals surface area contributed by atoms with E-state index in [1.54, 1.807) is 12.1 Å². The monoisotopic (exact) mass is 432 g/mol. The number of amides is 2. The van der Waals surface area contributed by atoms with Gasteiger partial charge < -0.3 is 15.1 Å². The molecule has 0 bridgehead atoms. The minimum Gasteiger partial charge on any atom is -0.418 e. The van der Waals surface area contributed by atoms with Crippen LogP contribution in [-0.4, -0.2) is 16.2 Å². The second-order valence-corrected chi connectivity index (χ2v) is 7.58. The summed E-state index contributed by atoms with van der Waals surface area (Å²) in [4.78, 5) is 12.8. The highest BCUT2D eigenvalue weighted by Crippen LogP contribution is 2.26. The maximum atomic E-state index is 12.8. The number of hydrogen-bond acceptors (Lipinski definition) is 4. The van der Waals surface area contributed by atoms with E-state index in [1.807, 2.05) is 74.5 Å². The Kier molecular flexibility index (Phi) is 6.00. The molecule has 6 nitrogen and oxygen atoms in total. The third kappa shape index (κ3) is 4.75. The van der Waals surface area contributed by atoms with Crippen LogP contribution >= 0.6 is 11.6 Å². The van der Waals surface area contributed by atoms with Crippen molar-refractivity contribution in [1.29, 1.82) is 0 Å². The van der Waals surface area contributed by atoms with E-state index in [1.165, 1.54) is 0 Å². The van der Waals surface area contributed by atoms with Crippen molar-refractivity contribution in [1.82, 2.24) is 15.5 Å². The molecule has 2 N–H and O–H groups in total. The van der Waals surface area contributed by atoms with Crippen molar-refractivity contribution >= 4 is 23.3 Å². The van der Waals surface area contributed by atoms with Crippen LogP contribution in [0.2, 0.25) is 5.02 Å². The summed E-state index contributed by atoms with van der Waals surface area (Å²) in [6.07, 6.45) is 0. The van der Waals surface area contributed by atoms with Crippen LogP contribution < -0.4 is 10.6 Å². The van der Waals surface area contributed by atoms with Crippen LogP contribution in [-0.2, 0) is 0 Å². The van der Waals surface area contributed by atoms with Gasteiger partial charge in [0.15, 0.2) is 0 Å². The van der Waals surface area contributed by atoms with Crippen LogP contribution in [0.1, 0.15) is 28.6 Å². The Hall–Kier alpha value is -3.64. The van der Waals surface area contributed by atoms with Gasteiger partial charge in [0.25, 0.3) is 0 Å². The number of aryl methyl sites for hydroxylation is 1. The van der Waals surface area contributed by atoms with Gasteiger partial charge in [0.05, 0.1) is 0 Å². The molecule has 4 aromatic rings. The SMILES string of the molecule is Cc1cccc(NC(=O)N[C@@H](c2ccc(Cl)cc2)c2nnc(-c3ccccc3)o2)c1C. The van der Waals surface area contributed by atoms with Crippen LogP contribution in [0.3, 0.4) is 0 Å². The minimum absolute atomic E-state index is 0.275. The number of aromatic nitrogens is 2. The van der Waals surface area contributed by atoms with Gasteiger partial charge in [0.1, 0.15) is 6.04 Å². The zero-order valence-electron chi connectivity index (χ0n) is 17.1. The molecule has 7 heteroatoms. The summed E-state index contributed by atoms with van der Waals surface area (Å²) in [5, 5.41) is 14.8. The molecule has 0 unspecified atom stereocenters. The molecule has 3 aromatic carbocycles. The highest BCUT2D eigenvalue weighted by atomic mass is 35.5. The number of benzene rings is 3. The Balaban J connectivity index is 1.62. The first-order valence-corrected chi connectivity index (χ1v) is 10.2. The fourth-order valence-electron chi connectivity index (χ4n) is 3.17. The Morgan fingerprint density at radius 1 is 0.935 bits per heavy atom. The number of nitrogens with one attached hydrogen (secondary N) is 2. The van der Waals surface area contributed by atoms with Gasteiger partial charge in [0.2, 0.25) is 11.8 Å². The zero-order chi connectivity index (χ0) is 21.8. The van der Waals surface area contributed by atoms with Crippen molar-refractivity contribution in [2.45, 2.75) is 19.9 Å². The van der Waals surface area contributed by atoms with Crippen molar-refractivity contribution in [2.75, 3.05) is 5.32 Å². The van der Waals surface area contributed by atoms with Crippen molar-refractivity contribution in [3.63, 3.8) is 0 Å². The molecule has 0 spiro atoms. The normalized spacial score (nSPS) is 11.7. The maximum absolute atomic E-state index is 12.8. The van der Waals surface area contributed by atoms with Gasteiger partial charge in [-0.25, -0.2) is 4.79 Å². The van der Waals surface area contributed by atoms with E-state index in [2.05, 4.69) is 20.8 Å². The highest BCUT2D eigenvalue weighted by Gasteiger charge is 2.24. The first-order valence-electron chi connectivity index (χ1n) is 9.79. The second-order valence-electron chi connectivity index (χ2n) is 7.14. The molecule has 1 atom stereocenters. The lowest BCUT2D eigenvalue weighted by atomic mass is 10.1. The van der Waals surface area contributed by atoms with E-state index in [9.17, 15) is 4.79 Å². The van der Waals surface area contributed by atoms with Gasteiger partial charge in [-0.1, -0.05) is 54.1 Å². The van der Waals surface area contributed by atoms with E-state index in [-0.39, 0.29) is 11.9 Å².